The van der Waals surface area contributed by atoms with E-state index in [9.17, 15) is 14.4 Å². The molecule has 1 fully saturated rings. The van der Waals surface area contributed by atoms with Crippen LogP contribution in [0.4, 0.5) is 16.6 Å². The number of urea groups is 1. The van der Waals surface area contributed by atoms with E-state index < -0.39 is 29.8 Å². The lowest BCUT2D eigenvalue weighted by Gasteiger charge is -2.45. The Hall–Kier alpha value is -4.41. The van der Waals surface area contributed by atoms with Crippen molar-refractivity contribution in [1.82, 2.24) is 30.2 Å². The molecule has 1 aliphatic rings. The number of carbonyl (C=O) groups excluding carboxylic acids is 3. The first kappa shape index (κ1) is 23.7. The van der Waals surface area contributed by atoms with Crippen LogP contribution in [0, 0.1) is 5.92 Å². The van der Waals surface area contributed by atoms with Gasteiger partial charge in [-0.05, 0) is 48.2 Å². The van der Waals surface area contributed by atoms with Crippen molar-refractivity contribution in [2.45, 2.75) is 31.8 Å². The third kappa shape index (κ3) is 4.93. The largest absolute Gasteiger partial charge is 0.384 e. The van der Waals surface area contributed by atoms with Gasteiger partial charge in [-0.2, -0.15) is 0 Å². The fourth-order valence-electron chi connectivity index (χ4n) is 4.11. The molecular formula is C24H26N8O3. The highest BCUT2D eigenvalue weighted by atomic mass is 16.2. The van der Waals surface area contributed by atoms with Gasteiger partial charge in [0.05, 0.1) is 12.0 Å². The normalized spacial score (nSPS) is 17.9. The second kappa shape index (κ2) is 10.2. The summed E-state index contributed by atoms with van der Waals surface area (Å²) in [6, 6.07) is 6.59. The van der Waals surface area contributed by atoms with Crippen molar-refractivity contribution in [2.24, 2.45) is 5.92 Å². The van der Waals surface area contributed by atoms with Crippen LogP contribution in [0.1, 0.15) is 30.5 Å². The van der Waals surface area contributed by atoms with E-state index in [1.54, 1.807) is 42.9 Å². The number of likely N-dealkylation sites (N-methyl/N-ethyl adjacent to an activating group) is 1. The van der Waals surface area contributed by atoms with Crippen LogP contribution in [0.25, 0.3) is 0 Å². The van der Waals surface area contributed by atoms with Crippen molar-refractivity contribution < 1.29 is 14.4 Å². The molecule has 3 aromatic rings. The van der Waals surface area contributed by atoms with Crippen molar-refractivity contribution in [3.05, 3.63) is 72.4 Å². The highest BCUT2D eigenvalue weighted by Gasteiger charge is 2.55. The predicted molar refractivity (Wildman–Crippen MR) is 128 cm³/mol. The van der Waals surface area contributed by atoms with Gasteiger partial charge in [0.15, 0.2) is 0 Å². The molecule has 11 nitrogen and oxygen atoms in total. The lowest BCUT2D eigenvalue weighted by atomic mass is 9.81. The fourth-order valence-corrected chi connectivity index (χ4v) is 4.11. The van der Waals surface area contributed by atoms with Gasteiger partial charge in [-0.25, -0.2) is 19.7 Å². The quantitative estimate of drug-likeness (QED) is 0.492. The first-order chi connectivity index (χ1) is 16.9. The maximum Gasteiger partial charge on any atom is 0.325 e. The molecule has 0 unspecified atom stereocenters. The Kier molecular flexibility index (Phi) is 6.95. The number of nitrogens with zero attached hydrogens (tertiary/aromatic N) is 6. The standard InChI is InChI=1S/C24H26N8O3/c1-3-18(16-6-4-8-26-14-16)30-24(35)32-20(22(34)31(2)23-28-9-5-10-29-23)17(21(32)33)12-15-7-11-27-19(25)13-15/h4-11,13-14,17-18,20H,3,12H2,1-2H3,(H2,25,27)(H,30,35)/t17-,18-,20+/m1/s1. The molecule has 4 amide bonds. The molecular weight excluding hydrogens is 448 g/mol. The van der Waals surface area contributed by atoms with Gasteiger partial charge in [0.1, 0.15) is 11.9 Å². The number of aromatic nitrogens is 4. The van der Waals surface area contributed by atoms with Crippen LogP contribution >= 0.6 is 0 Å². The number of nitrogen functional groups attached to an aromatic ring is 1. The molecule has 0 bridgehead atoms. The summed E-state index contributed by atoms with van der Waals surface area (Å²) < 4.78 is 0. The van der Waals surface area contributed by atoms with Crippen molar-refractivity contribution in [1.29, 1.82) is 0 Å². The van der Waals surface area contributed by atoms with E-state index in [1.165, 1.54) is 24.3 Å². The van der Waals surface area contributed by atoms with Gasteiger partial charge in [-0.15, -0.1) is 0 Å². The smallest absolute Gasteiger partial charge is 0.325 e. The SMILES string of the molecule is CC[C@@H](NC(=O)N1C(=O)[C@H](Cc2ccnc(N)c2)[C@H]1C(=O)N(C)c1ncccn1)c1cccnc1. The number of nitrogens with one attached hydrogen (secondary N) is 1. The average Bonchev–Trinajstić information content (AvgIpc) is 2.89. The molecule has 0 saturated carbocycles. The van der Waals surface area contributed by atoms with Gasteiger partial charge in [-0.3, -0.25) is 24.4 Å². The van der Waals surface area contributed by atoms with Gasteiger partial charge in [0.2, 0.25) is 11.9 Å². The minimum atomic E-state index is -1.03. The first-order valence-electron chi connectivity index (χ1n) is 11.2. The van der Waals surface area contributed by atoms with Gasteiger partial charge in [-0.1, -0.05) is 13.0 Å². The lowest BCUT2D eigenvalue weighted by Crippen LogP contribution is -2.70. The van der Waals surface area contributed by atoms with Gasteiger partial charge < -0.3 is 11.1 Å². The molecule has 1 aliphatic heterocycles. The molecule has 180 valence electrons. The topological polar surface area (TPSA) is 147 Å². The molecule has 0 aromatic carbocycles. The van der Waals surface area contributed by atoms with E-state index in [1.807, 2.05) is 13.0 Å². The Morgan fingerprint density at radius 3 is 2.57 bits per heavy atom. The number of amides is 4. The third-order valence-corrected chi connectivity index (χ3v) is 5.96. The second-order valence-electron chi connectivity index (χ2n) is 8.20. The lowest BCUT2D eigenvalue weighted by molar-refractivity contribution is -0.156. The van der Waals surface area contributed by atoms with E-state index in [4.69, 9.17) is 5.73 Å². The van der Waals surface area contributed by atoms with Crippen LogP contribution in [-0.2, 0) is 16.0 Å². The van der Waals surface area contributed by atoms with Crippen LogP contribution in [0.2, 0.25) is 0 Å². The molecule has 0 radical (unpaired) electrons. The van der Waals surface area contributed by atoms with Crippen molar-refractivity contribution in [2.75, 3.05) is 17.7 Å². The van der Waals surface area contributed by atoms with E-state index in [-0.39, 0.29) is 18.4 Å². The molecule has 4 heterocycles. The molecule has 11 heteroatoms. The average molecular weight is 475 g/mol. The summed E-state index contributed by atoms with van der Waals surface area (Å²) in [7, 11) is 1.52. The summed E-state index contributed by atoms with van der Waals surface area (Å²) in [6.07, 6.45) is 8.68. The Balaban J connectivity index is 1.59. The number of carbonyl (C=O) groups is 3. The van der Waals surface area contributed by atoms with Crippen LogP contribution in [0.5, 0.6) is 0 Å². The molecule has 3 aromatic heterocycles. The molecule has 0 aliphatic carbocycles. The number of β-lactam (4-membered cyclic amide) rings is 1. The van der Waals surface area contributed by atoms with Crippen LogP contribution < -0.4 is 16.0 Å². The summed E-state index contributed by atoms with van der Waals surface area (Å²) in [5.74, 6) is -1.18. The van der Waals surface area contributed by atoms with Crippen molar-refractivity contribution >= 4 is 29.6 Å². The monoisotopic (exact) mass is 474 g/mol. The fraction of sp³-hybridized carbons (Fsp3) is 0.292. The van der Waals surface area contributed by atoms with Gasteiger partial charge in [0.25, 0.3) is 5.91 Å². The number of imide groups is 1. The number of nitrogens with two attached hydrogens (primary N) is 1. The zero-order chi connectivity index (χ0) is 24.9. The number of likely N-dealkylation sites (tertiary alicyclic amines) is 1. The minimum absolute atomic E-state index is 0.172. The van der Waals surface area contributed by atoms with E-state index in [0.29, 0.717) is 12.2 Å². The van der Waals surface area contributed by atoms with E-state index in [0.717, 1.165) is 16.0 Å². The molecule has 3 atom stereocenters. The summed E-state index contributed by atoms with van der Waals surface area (Å²) in [5.41, 5.74) is 7.33. The number of hydrogen-bond acceptors (Lipinski definition) is 8. The number of hydrogen-bond donors (Lipinski definition) is 2. The summed E-state index contributed by atoms with van der Waals surface area (Å²) in [6.45, 7) is 1.91. The highest BCUT2D eigenvalue weighted by molar-refractivity contribution is 6.12. The minimum Gasteiger partial charge on any atom is -0.384 e. The van der Waals surface area contributed by atoms with Gasteiger partial charge >= 0.3 is 6.03 Å². The van der Waals surface area contributed by atoms with Crippen molar-refractivity contribution in [3.63, 3.8) is 0 Å². The first-order valence-corrected chi connectivity index (χ1v) is 11.2. The number of rotatable bonds is 7. The van der Waals surface area contributed by atoms with Crippen LogP contribution in [0.3, 0.4) is 0 Å². The van der Waals surface area contributed by atoms with Crippen molar-refractivity contribution in [3.8, 4) is 0 Å². The molecule has 0 spiro atoms. The maximum absolute atomic E-state index is 13.5. The molecule has 1 saturated heterocycles. The van der Waals surface area contributed by atoms with E-state index >= 15 is 0 Å². The number of anilines is 2. The maximum atomic E-state index is 13.5. The Bertz CT molecular complexity index is 1210. The predicted octanol–water partition coefficient (Wildman–Crippen LogP) is 1.74. The Labute approximate surface area is 202 Å². The molecule has 35 heavy (non-hydrogen) atoms. The number of pyridine rings is 2. The van der Waals surface area contributed by atoms with Crippen LogP contribution in [-0.4, -0.2) is 55.8 Å². The Morgan fingerprint density at radius 1 is 1.14 bits per heavy atom. The second-order valence-corrected chi connectivity index (χ2v) is 8.20. The highest BCUT2D eigenvalue weighted by Crippen LogP contribution is 2.33. The molecule has 4 rings (SSSR count). The van der Waals surface area contributed by atoms with Crippen LogP contribution in [0.15, 0.2) is 61.3 Å². The van der Waals surface area contributed by atoms with E-state index in [2.05, 4.69) is 25.3 Å². The zero-order valence-corrected chi connectivity index (χ0v) is 19.4. The zero-order valence-electron chi connectivity index (χ0n) is 19.4. The summed E-state index contributed by atoms with van der Waals surface area (Å²) in [5, 5.41) is 2.87. The Morgan fingerprint density at radius 2 is 1.91 bits per heavy atom. The summed E-state index contributed by atoms with van der Waals surface area (Å²) in [4.78, 5) is 58.4. The molecule has 3 N–H and O–H groups in total. The third-order valence-electron chi connectivity index (χ3n) is 5.96. The van der Waals surface area contributed by atoms with Gasteiger partial charge in [0, 0.05) is 38.0 Å². The summed E-state index contributed by atoms with van der Waals surface area (Å²) >= 11 is 0.